The molecule has 1 aliphatic heterocycles. The van der Waals surface area contributed by atoms with Gasteiger partial charge in [0.1, 0.15) is 5.82 Å². The monoisotopic (exact) mass is 313 g/mol. The van der Waals surface area contributed by atoms with E-state index in [9.17, 15) is 4.79 Å². The van der Waals surface area contributed by atoms with Crippen LogP contribution in [-0.2, 0) is 0 Å². The van der Waals surface area contributed by atoms with Gasteiger partial charge in [-0.3, -0.25) is 4.79 Å². The van der Waals surface area contributed by atoms with Crippen LogP contribution in [0.5, 0.6) is 0 Å². The molecule has 0 bridgehead atoms. The second kappa shape index (κ2) is 7.18. The van der Waals surface area contributed by atoms with Gasteiger partial charge in [-0.25, -0.2) is 4.98 Å². The predicted octanol–water partition coefficient (Wildman–Crippen LogP) is 3.13. The third-order valence-electron chi connectivity index (χ3n) is 3.42. The largest absolute Gasteiger partial charge is 0.370 e. The van der Waals surface area contributed by atoms with E-state index in [-0.39, 0.29) is 5.91 Å². The van der Waals surface area contributed by atoms with E-state index >= 15 is 0 Å². The molecule has 1 fully saturated rings. The number of anilines is 1. The highest BCUT2D eigenvalue weighted by Crippen LogP contribution is 2.25. The van der Waals surface area contributed by atoms with Gasteiger partial charge in [0.15, 0.2) is 0 Å². The number of rotatable bonds is 5. The minimum atomic E-state index is -0.0237. The Morgan fingerprint density at radius 2 is 2.45 bits per heavy atom. The molecular weight excluding hydrogens is 294 g/mol. The number of carbonyl (C=O) groups is 1. The number of halogens is 1. The highest BCUT2D eigenvalue weighted by Gasteiger charge is 2.26. The SMILES string of the molecule is CCCNc1cc(C(=O)N(C)C2CCSC2)c(Cl)cn1. The first kappa shape index (κ1) is 15.4. The van der Waals surface area contributed by atoms with Crippen molar-refractivity contribution in [1.29, 1.82) is 0 Å². The first-order valence-corrected chi connectivity index (χ1v) is 8.41. The van der Waals surface area contributed by atoms with Gasteiger partial charge in [0.2, 0.25) is 0 Å². The van der Waals surface area contributed by atoms with Crippen LogP contribution >= 0.6 is 23.4 Å². The molecular formula is C14H20ClN3OS. The molecule has 0 aromatic carbocycles. The molecule has 1 amide bonds. The lowest BCUT2D eigenvalue weighted by Crippen LogP contribution is -2.37. The third-order valence-corrected chi connectivity index (χ3v) is 4.86. The lowest BCUT2D eigenvalue weighted by molar-refractivity contribution is 0.0748. The number of aromatic nitrogens is 1. The van der Waals surface area contributed by atoms with E-state index in [0.717, 1.165) is 30.9 Å². The lowest BCUT2D eigenvalue weighted by Gasteiger charge is -2.24. The van der Waals surface area contributed by atoms with Crippen molar-refractivity contribution in [2.24, 2.45) is 0 Å². The van der Waals surface area contributed by atoms with Crippen LogP contribution in [0.1, 0.15) is 30.1 Å². The molecule has 1 saturated heterocycles. The Hall–Kier alpha value is -0.940. The number of nitrogens with zero attached hydrogens (tertiary/aromatic N) is 2. The molecule has 1 unspecified atom stereocenters. The summed E-state index contributed by atoms with van der Waals surface area (Å²) in [4.78, 5) is 18.6. The van der Waals surface area contributed by atoms with E-state index in [1.54, 1.807) is 12.3 Å². The van der Waals surface area contributed by atoms with Crippen molar-refractivity contribution in [2.75, 3.05) is 30.4 Å². The van der Waals surface area contributed by atoms with E-state index in [1.807, 2.05) is 23.7 Å². The van der Waals surface area contributed by atoms with Crippen LogP contribution in [0.4, 0.5) is 5.82 Å². The highest BCUT2D eigenvalue weighted by atomic mass is 35.5. The first-order chi connectivity index (χ1) is 9.63. The van der Waals surface area contributed by atoms with Crippen LogP contribution < -0.4 is 5.32 Å². The molecule has 0 radical (unpaired) electrons. The number of hydrogen-bond acceptors (Lipinski definition) is 4. The number of nitrogens with one attached hydrogen (secondary N) is 1. The average Bonchev–Trinajstić information content (AvgIpc) is 2.99. The Bertz CT molecular complexity index is 477. The van der Waals surface area contributed by atoms with Crippen molar-refractivity contribution >= 4 is 35.1 Å². The molecule has 4 nitrogen and oxygen atoms in total. The molecule has 0 saturated carbocycles. The maximum atomic E-state index is 12.6. The third kappa shape index (κ3) is 3.58. The molecule has 6 heteroatoms. The minimum Gasteiger partial charge on any atom is -0.370 e. The van der Waals surface area contributed by atoms with E-state index in [0.29, 0.717) is 22.4 Å². The van der Waals surface area contributed by atoms with Gasteiger partial charge >= 0.3 is 0 Å². The van der Waals surface area contributed by atoms with Crippen molar-refractivity contribution in [3.8, 4) is 0 Å². The van der Waals surface area contributed by atoms with Crippen molar-refractivity contribution in [3.63, 3.8) is 0 Å². The second-order valence-corrected chi connectivity index (χ2v) is 6.47. The molecule has 110 valence electrons. The molecule has 1 N–H and O–H groups in total. The summed E-state index contributed by atoms with van der Waals surface area (Å²) in [6, 6.07) is 2.06. The highest BCUT2D eigenvalue weighted by molar-refractivity contribution is 7.99. The summed E-state index contributed by atoms with van der Waals surface area (Å²) in [7, 11) is 1.86. The quantitative estimate of drug-likeness (QED) is 0.907. The van der Waals surface area contributed by atoms with Gasteiger partial charge in [0.05, 0.1) is 10.6 Å². The van der Waals surface area contributed by atoms with Crippen LogP contribution in [0.15, 0.2) is 12.3 Å². The normalized spacial score (nSPS) is 18.1. The minimum absolute atomic E-state index is 0.0237. The summed E-state index contributed by atoms with van der Waals surface area (Å²) in [5.41, 5.74) is 0.527. The number of pyridine rings is 1. The van der Waals surface area contributed by atoms with Gasteiger partial charge in [0.25, 0.3) is 5.91 Å². The van der Waals surface area contributed by atoms with Crippen LogP contribution in [-0.4, -0.2) is 46.9 Å². The van der Waals surface area contributed by atoms with E-state index < -0.39 is 0 Å². The molecule has 1 aliphatic rings. The molecule has 2 heterocycles. The summed E-state index contributed by atoms with van der Waals surface area (Å²) in [6.07, 6.45) is 3.60. The van der Waals surface area contributed by atoms with Crippen molar-refractivity contribution in [1.82, 2.24) is 9.88 Å². The molecule has 1 atom stereocenters. The fraction of sp³-hybridized carbons (Fsp3) is 0.571. The van der Waals surface area contributed by atoms with Gasteiger partial charge in [-0.1, -0.05) is 18.5 Å². The number of hydrogen-bond donors (Lipinski definition) is 1. The summed E-state index contributed by atoms with van der Waals surface area (Å²) in [6.45, 7) is 2.91. The molecule has 1 aromatic rings. The smallest absolute Gasteiger partial charge is 0.255 e. The van der Waals surface area contributed by atoms with Crippen LogP contribution in [0, 0.1) is 0 Å². The van der Waals surface area contributed by atoms with E-state index in [1.165, 1.54) is 0 Å². The summed E-state index contributed by atoms with van der Waals surface area (Å²) >= 11 is 8.02. The Morgan fingerprint density at radius 3 is 3.10 bits per heavy atom. The zero-order chi connectivity index (χ0) is 14.5. The topological polar surface area (TPSA) is 45.2 Å². The summed E-state index contributed by atoms with van der Waals surface area (Å²) in [5, 5.41) is 3.59. The number of carbonyl (C=O) groups excluding carboxylic acids is 1. The number of amides is 1. The van der Waals surface area contributed by atoms with Gasteiger partial charge in [-0.2, -0.15) is 11.8 Å². The van der Waals surface area contributed by atoms with Crippen LogP contribution in [0.25, 0.3) is 0 Å². The van der Waals surface area contributed by atoms with E-state index in [2.05, 4.69) is 17.2 Å². The predicted molar refractivity (Wildman–Crippen MR) is 85.9 cm³/mol. The van der Waals surface area contributed by atoms with Gasteiger partial charge in [-0.05, 0) is 24.7 Å². The zero-order valence-electron chi connectivity index (χ0n) is 11.9. The summed E-state index contributed by atoms with van der Waals surface area (Å²) in [5.74, 6) is 2.81. The number of thioether (sulfide) groups is 1. The van der Waals surface area contributed by atoms with Crippen molar-refractivity contribution in [2.45, 2.75) is 25.8 Å². The van der Waals surface area contributed by atoms with Gasteiger partial charge in [-0.15, -0.1) is 0 Å². The van der Waals surface area contributed by atoms with E-state index in [4.69, 9.17) is 11.6 Å². The Kier molecular flexibility index (Phi) is 5.54. The maximum absolute atomic E-state index is 12.6. The van der Waals surface area contributed by atoms with Crippen molar-refractivity contribution < 1.29 is 4.79 Å². The van der Waals surface area contributed by atoms with Crippen LogP contribution in [0.2, 0.25) is 5.02 Å². The molecule has 1 aromatic heterocycles. The van der Waals surface area contributed by atoms with Gasteiger partial charge in [0, 0.05) is 31.6 Å². The fourth-order valence-corrected chi connectivity index (χ4v) is 3.59. The standard InChI is InChI=1S/C14H20ClN3OS/c1-3-5-16-13-7-11(12(15)8-17-13)14(19)18(2)10-4-6-20-9-10/h7-8,10H,3-6,9H2,1-2H3,(H,16,17). The Labute approximate surface area is 129 Å². The molecule has 0 aliphatic carbocycles. The zero-order valence-corrected chi connectivity index (χ0v) is 13.4. The maximum Gasteiger partial charge on any atom is 0.255 e. The second-order valence-electron chi connectivity index (χ2n) is 4.91. The van der Waals surface area contributed by atoms with Crippen molar-refractivity contribution in [3.05, 3.63) is 22.8 Å². The first-order valence-electron chi connectivity index (χ1n) is 6.87. The molecule has 2 rings (SSSR count). The van der Waals surface area contributed by atoms with Crippen LogP contribution in [0.3, 0.4) is 0 Å². The molecule has 20 heavy (non-hydrogen) atoms. The summed E-state index contributed by atoms with van der Waals surface area (Å²) < 4.78 is 0. The molecule has 0 spiro atoms. The Morgan fingerprint density at radius 1 is 1.65 bits per heavy atom. The van der Waals surface area contributed by atoms with Gasteiger partial charge < -0.3 is 10.2 Å². The lowest BCUT2D eigenvalue weighted by atomic mass is 10.1. The Balaban J connectivity index is 2.15. The average molecular weight is 314 g/mol. The fourth-order valence-electron chi connectivity index (χ4n) is 2.14.